The second kappa shape index (κ2) is 3.67. The van der Waals surface area contributed by atoms with Crippen molar-refractivity contribution in [2.45, 2.75) is 13.3 Å². The molecule has 0 N–H and O–H groups in total. The maximum atomic E-state index is 10.7. The third kappa shape index (κ3) is 3.67. The Kier molecular flexibility index (Phi) is 3.43. The second-order valence-electron chi connectivity index (χ2n) is 0.721. The van der Waals surface area contributed by atoms with Gasteiger partial charge in [-0.25, -0.2) is 4.39 Å². The molecule has 0 aromatic rings. The average Bonchev–Trinajstić information content (AvgIpc) is 1.41. The van der Waals surface area contributed by atoms with Gasteiger partial charge in [-0.15, -0.1) is 0 Å². The molecule has 0 amide bonds. The van der Waals surface area contributed by atoms with Crippen LogP contribution in [0.1, 0.15) is 13.3 Å². The second-order valence-corrected chi connectivity index (χ2v) is 0.721. The van der Waals surface area contributed by atoms with Crippen molar-refractivity contribution in [3.63, 3.8) is 0 Å². The lowest BCUT2D eigenvalue weighted by atomic mass is 10.5. The van der Waals surface area contributed by atoms with Gasteiger partial charge in [0.05, 0.1) is 0 Å². The zero-order valence-electron chi connectivity index (χ0n) is 3.16. The van der Waals surface area contributed by atoms with Gasteiger partial charge >= 0.3 is 0 Å². The average molecular weight is 73.1 g/mol. The summed E-state index contributed by atoms with van der Waals surface area (Å²) in [6, 6.07) is 0. The van der Waals surface area contributed by atoms with Crippen LogP contribution in [0.4, 0.5) is 4.39 Å². The van der Waals surface area contributed by atoms with Crippen molar-refractivity contribution in [1.82, 2.24) is 0 Å². The quantitative estimate of drug-likeness (QED) is 0.443. The Morgan fingerprint density at radius 3 is 2.60 bits per heavy atom. The van der Waals surface area contributed by atoms with Gasteiger partial charge < -0.3 is 0 Å². The van der Waals surface area contributed by atoms with Crippen molar-refractivity contribution in [2.24, 2.45) is 0 Å². The SMILES string of the molecule is CC/C=[C]\F. The number of rotatable bonds is 1. The molecular formula is C4H6F. The molecular weight excluding hydrogens is 67.0 g/mol. The number of hydrogen-bond donors (Lipinski definition) is 0. The molecule has 0 aromatic carbocycles. The van der Waals surface area contributed by atoms with Crippen molar-refractivity contribution < 1.29 is 4.39 Å². The van der Waals surface area contributed by atoms with Crippen LogP contribution in [-0.2, 0) is 0 Å². The molecule has 1 heteroatoms. The van der Waals surface area contributed by atoms with E-state index >= 15 is 0 Å². The van der Waals surface area contributed by atoms with Crippen LogP contribution in [0, 0.1) is 6.33 Å². The zero-order chi connectivity index (χ0) is 4.12. The van der Waals surface area contributed by atoms with E-state index in [0.29, 0.717) is 0 Å². The van der Waals surface area contributed by atoms with E-state index in [1.165, 1.54) is 12.4 Å². The fraction of sp³-hybridized carbons (Fsp3) is 0.500. The van der Waals surface area contributed by atoms with Crippen molar-refractivity contribution in [1.29, 1.82) is 0 Å². The molecule has 0 fully saturated rings. The molecule has 1 radical (unpaired) electrons. The van der Waals surface area contributed by atoms with Crippen LogP contribution in [0.25, 0.3) is 0 Å². The summed E-state index contributed by atoms with van der Waals surface area (Å²) in [6.45, 7) is 1.85. The molecule has 0 rings (SSSR count). The summed E-state index contributed by atoms with van der Waals surface area (Å²) in [7, 11) is 0. The summed E-state index contributed by atoms with van der Waals surface area (Å²) < 4.78 is 10.7. The topological polar surface area (TPSA) is 0 Å². The van der Waals surface area contributed by atoms with Gasteiger partial charge in [0.25, 0.3) is 0 Å². The van der Waals surface area contributed by atoms with Crippen molar-refractivity contribution in [3.05, 3.63) is 12.4 Å². The molecule has 0 bridgehead atoms. The van der Waals surface area contributed by atoms with Gasteiger partial charge in [0.15, 0.2) is 6.33 Å². The molecule has 0 saturated heterocycles. The summed E-state index contributed by atoms with van der Waals surface area (Å²) in [4.78, 5) is 0. The van der Waals surface area contributed by atoms with E-state index in [1.54, 1.807) is 0 Å². The molecule has 29 valence electrons. The van der Waals surface area contributed by atoms with Gasteiger partial charge in [0.1, 0.15) is 0 Å². The maximum absolute atomic E-state index is 10.7. The fourth-order valence-corrected chi connectivity index (χ4v) is 0.0772. The third-order valence-corrected chi connectivity index (χ3v) is 0.281. The molecule has 0 spiro atoms. The standard InChI is InChI=1S/C4H6F/c1-2-3-4-5/h3H,2H2,1H3. The van der Waals surface area contributed by atoms with Crippen molar-refractivity contribution in [2.75, 3.05) is 0 Å². The van der Waals surface area contributed by atoms with E-state index in [1.807, 2.05) is 6.92 Å². The third-order valence-electron chi connectivity index (χ3n) is 0.281. The van der Waals surface area contributed by atoms with Gasteiger partial charge in [-0.1, -0.05) is 6.92 Å². The highest BCUT2D eigenvalue weighted by Crippen LogP contribution is 1.74. The van der Waals surface area contributed by atoms with Crippen LogP contribution in [0.15, 0.2) is 6.08 Å². The lowest BCUT2D eigenvalue weighted by Crippen LogP contribution is -1.43. The highest BCUT2D eigenvalue weighted by atomic mass is 19.1. The Labute approximate surface area is 31.3 Å². The molecule has 0 aliphatic heterocycles. The van der Waals surface area contributed by atoms with E-state index < -0.39 is 0 Å². The van der Waals surface area contributed by atoms with Crippen molar-refractivity contribution in [3.8, 4) is 0 Å². The Balaban J connectivity index is 2.62. The predicted molar refractivity (Wildman–Crippen MR) is 19.2 cm³/mol. The molecule has 0 aliphatic rings. The largest absolute Gasteiger partial charge is 0.204 e. The molecule has 0 saturated carbocycles. The number of halogens is 1. The zero-order valence-corrected chi connectivity index (χ0v) is 3.16. The lowest BCUT2D eigenvalue weighted by Gasteiger charge is -1.61. The minimum absolute atomic E-state index is 0.733. The first-order valence-electron chi connectivity index (χ1n) is 1.59. The van der Waals surface area contributed by atoms with Gasteiger partial charge in [-0.2, -0.15) is 0 Å². The lowest BCUT2D eigenvalue weighted by molar-refractivity contribution is 0.678. The first-order valence-corrected chi connectivity index (χ1v) is 1.59. The normalized spacial score (nSPS) is 10.0. The van der Waals surface area contributed by atoms with Crippen LogP contribution >= 0.6 is 0 Å². The fourth-order valence-electron chi connectivity index (χ4n) is 0.0772. The van der Waals surface area contributed by atoms with E-state index in [-0.39, 0.29) is 0 Å². The molecule has 0 heterocycles. The summed E-state index contributed by atoms with van der Waals surface area (Å²) in [6.07, 6.45) is 3.46. The van der Waals surface area contributed by atoms with Crippen LogP contribution < -0.4 is 0 Å². The molecule has 0 aliphatic carbocycles. The van der Waals surface area contributed by atoms with Crippen LogP contribution in [0.3, 0.4) is 0 Å². The smallest absolute Gasteiger partial charge is 0.154 e. The molecule has 0 aromatic heterocycles. The summed E-state index contributed by atoms with van der Waals surface area (Å²) in [5.41, 5.74) is 0. The first-order chi connectivity index (χ1) is 2.41. The minimum Gasteiger partial charge on any atom is -0.204 e. The maximum Gasteiger partial charge on any atom is 0.154 e. The van der Waals surface area contributed by atoms with Gasteiger partial charge in [-0.3, -0.25) is 0 Å². The summed E-state index contributed by atoms with van der Waals surface area (Å²) >= 11 is 0. The van der Waals surface area contributed by atoms with Gasteiger partial charge in [0.2, 0.25) is 0 Å². The van der Waals surface area contributed by atoms with E-state index in [2.05, 4.69) is 0 Å². The van der Waals surface area contributed by atoms with Crippen LogP contribution in [0.5, 0.6) is 0 Å². The minimum atomic E-state index is 0.733. The Morgan fingerprint density at radius 1 is 2.00 bits per heavy atom. The Hall–Kier alpha value is -0.330. The highest BCUT2D eigenvalue weighted by molar-refractivity contribution is 4.60. The summed E-state index contributed by atoms with van der Waals surface area (Å²) in [5, 5.41) is 0. The first kappa shape index (κ1) is 4.67. The van der Waals surface area contributed by atoms with E-state index in [0.717, 1.165) is 6.42 Å². The summed E-state index contributed by atoms with van der Waals surface area (Å²) in [5.74, 6) is 0. The molecule has 0 unspecified atom stereocenters. The Morgan fingerprint density at radius 2 is 2.60 bits per heavy atom. The number of hydrogen-bond acceptors (Lipinski definition) is 0. The van der Waals surface area contributed by atoms with Gasteiger partial charge in [0, 0.05) is 0 Å². The molecule has 5 heavy (non-hydrogen) atoms. The monoisotopic (exact) mass is 73.0 g/mol. The van der Waals surface area contributed by atoms with E-state index in [4.69, 9.17) is 0 Å². The highest BCUT2D eigenvalue weighted by Gasteiger charge is 1.57. The predicted octanol–water partition coefficient (Wildman–Crippen LogP) is 1.68. The van der Waals surface area contributed by atoms with E-state index in [9.17, 15) is 4.39 Å². The van der Waals surface area contributed by atoms with Crippen LogP contribution in [0.2, 0.25) is 0 Å². The van der Waals surface area contributed by atoms with Gasteiger partial charge in [-0.05, 0) is 12.5 Å². The van der Waals surface area contributed by atoms with Crippen LogP contribution in [-0.4, -0.2) is 0 Å². The Bertz CT molecular complexity index is 30.6. The molecule has 0 atom stereocenters. The molecule has 0 nitrogen and oxygen atoms in total. The van der Waals surface area contributed by atoms with Crippen molar-refractivity contribution >= 4 is 0 Å². The number of allylic oxidation sites excluding steroid dienone is 1.